The summed E-state index contributed by atoms with van der Waals surface area (Å²) >= 11 is 0. The topological polar surface area (TPSA) is 127 Å². The highest BCUT2D eigenvalue weighted by molar-refractivity contribution is 5.94. The molecule has 10 heteroatoms. The number of nitro groups is 2. The van der Waals surface area contributed by atoms with Crippen LogP contribution in [0.1, 0.15) is 10.4 Å². The summed E-state index contributed by atoms with van der Waals surface area (Å²) in [5.41, 5.74) is -0.633. The number of carbonyl (C=O) groups is 1. The number of hydrogen-bond acceptors (Lipinski definition) is 6. The molecule has 0 aliphatic rings. The van der Waals surface area contributed by atoms with Gasteiger partial charge in [-0.2, -0.15) is 4.39 Å². The van der Waals surface area contributed by atoms with Gasteiger partial charge in [0.15, 0.2) is 0 Å². The molecule has 0 radical (unpaired) electrons. The molecule has 25 heavy (non-hydrogen) atoms. The van der Waals surface area contributed by atoms with Gasteiger partial charge < -0.3 is 10.6 Å². The van der Waals surface area contributed by atoms with Crippen molar-refractivity contribution in [2.45, 2.75) is 0 Å². The number of nitrogens with one attached hydrogen (secondary N) is 2. The molecule has 2 N–H and O–H groups in total. The van der Waals surface area contributed by atoms with Crippen LogP contribution in [0.5, 0.6) is 0 Å². The van der Waals surface area contributed by atoms with Gasteiger partial charge in [0.25, 0.3) is 11.6 Å². The fourth-order valence-corrected chi connectivity index (χ4v) is 2.05. The van der Waals surface area contributed by atoms with Crippen LogP contribution in [-0.2, 0) is 0 Å². The lowest BCUT2D eigenvalue weighted by Crippen LogP contribution is -2.28. The van der Waals surface area contributed by atoms with Gasteiger partial charge in [-0.15, -0.1) is 0 Å². The van der Waals surface area contributed by atoms with Crippen LogP contribution in [0.3, 0.4) is 0 Å². The van der Waals surface area contributed by atoms with E-state index >= 15 is 0 Å². The third-order valence-corrected chi connectivity index (χ3v) is 3.23. The third kappa shape index (κ3) is 4.47. The molecule has 2 aromatic rings. The molecule has 0 atom stereocenters. The average Bonchev–Trinajstić information content (AvgIpc) is 2.58. The molecular weight excluding hydrogens is 335 g/mol. The van der Waals surface area contributed by atoms with Gasteiger partial charge in [-0.3, -0.25) is 25.0 Å². The van der Waals surface area contributed by atoms with Gasteiger partial charge in [0.1, 0.15) is 5.69 Å². The summed E-state index contributed by atoms with van der Waals surface area (Å²) in [7, 11) is 0. The maximum absolute atomic E-state index is 13.2. The van der Waals surface area contributed by atoms with Crippen LogP contribution in [0, 0.1) is 26.0 Å². The molecule has 9 nitrogen and oxygen atoms in total. The Morgan fingerprint density at radius 1 is 1.00 bits per heavy atom. The van der Waals surface area contributed by atoms with Crippen molar-refractivity contribution in [2.24, 2.45) is 0 Å². The van der Waals surface area contributed by atoms with E-state index in [4.69, 9.17) is 0 Å². The van der Waals surface area contributed by atoms with Gasteiger partial charge in [-0.25, -0.2) is 0 Å². The highest BCUT2D eigenvalue weighted by atomic mass is 19.1. The molecule has 0 aromatic heterocycles. The molecule has 0 heterocycles. The van der Waals surface area contributed by atoms with Crippen molar-refractivity contribution >= 4 is 23.0 Å². The van der Waals surface area contributed by atoms with Gasteiger partial charge in [0.05, 0.1) is 9.85 Å². The minimum atomic E-state index is -1.03. The van der Waals surface area contributed by atoms with Crippen molar-refractivity contribution in [3.63, 3.8) is 0 Å². The number of nitro benzene ring substituents is 2. The first-order valence-corrected chi connectivity index (χ1v) is 7.09. The van der Waals surface area contributed by atoms with Crippen LogP contribution in [0.2, 0.25) is 0 Å². The Labute approximate surface area is 140 Å². The summed E-state index contributed by atoms with van der Waals surface area (Å²) < 4.78 is 13.2. The molecule has 0 unspecified atom stereocenters. The first kappa shape index (κ1) is 17.8. The van der Waals surface area contributed by atoms with Crippen molar-refractivity contribution in [2.75, 3.05) is 18.4 Å². The van der Waals surface area contributed by atoms with E-state index in [1.807, 2.05) is 0 Å². The molecule has 1 amide bonds. The van der Waals surface area contributed by atoms with E-state index in [9.17, 15) is 29.4 Å². The third-order valence-electron chi connectivity index (χ3n) is 3.23. The second-order valence-corrected chi connectivity index (χ2v) is 4.88. The SMILES string of the molecule is O=C(NCCNc1ccccc1[N+](=O)[O-])c1ccc(F)c([N+](=O)[O-])c1. The average molecular weight is 348 g/mol. The summed E-state index contributed by atoms with van der Waals surface area (Å²) in [5, 5.41) is 26.8. The van der Waals surface area contributed by atoms with E-state index in [-0.39, 0.29) is 24.3 Å². The Morgan fingerprint density at radius 3 is 2.36 bits per heavy atom. The lowest BCUT2D eigenvalue weighted by Gasteiger charge is -2.08. The molecule has 130 valence electrons. The summed E-state index contributed by atoms with van der Waals surface area (Å²) in [6, 6.07) is 8.87. The number of benzene rings is 2. The number of carbonyl (C=O) groups excluding carboxylic acids is 1. The molecule has 0 aliphatic heterocycles. The van der Waals surface area contributed by atoms with Gasteiger partial charge in [-0.05, 0) is 18.2 Å². The first-order valence-electron chi connectivity index (χ1n) is 7.09. The Kier molecular flexibility index (Phi) is 5.56. The van der Waals surface area contributed by atoms with E-state index in [0.29, 0.717) is 5.69 Å². The molecule has 2 rings (SSSR count). The molecule has 0 fully saturated rings. The van der Waals surface area contributed by atoms with Crippen LogP contribution in [-0.4, -0.2) is 28.8 Å². The number of para-hydroxylation sites is 2. The molecular formula is C15H13FN4O5. The largest absolute Gasteiger partial charge is 0.378 e. The smallest absolute Gasteiger partial charge is 0.305 e. The molecule has 0 aliphatic carbocycles. The van der Waals surface area contributed by atoms with Gasteiger partial charge in [-0.1, -0.05) is 12.1 Å². The standard InChI is InChI=1S/C15H13FN4O5/c16-11-6-5-10(9-14(11)20(24)25)15(21)18-8-7-17-12-3-1-2-4-13(12)19(22)23/h1-6,9,17H,7-8H2,(H,18,21). The molecule has 2 aromatic carbocycles. The Bertz CT molecular complexity index is 827. The summed E-state index contributed by atoms with van der Waals surface area (Å²) in [5.74, 6) is -1.65. The van der Waals surface area contributed by atoms with Crippen molar-refractivity contribution in [3.8, 4) is 0 Å². The molecule has 0 bridgehead atoms. The lowest BCUT2D eigenvalue weighted by atomic mass is 10.2. The van der Waals surface area contributed by atoms with Gasteiger partial charge in [0.2, 0.25) is 5.82 Å². The fourth-order valence-electron chi connectivity index (χ4n) is 2.05. The van der Waals surface area contributed by atoms with E-state index in [0.717, 1.165) is 18.2 Å². The van der Waals surface area contributed by atoms with E-state index in [2.05, 4.69) is 10.6 Å². The minimum Gasteiger partial charge on any atom is -0.378 e. The van der Waals surface area contributed by atoms with Gasteiger partial charge in [0, 0.05) is 30.8 Å². The Hall–Kier alpha value is -3.56. The van der Waals surface area contributed by atoms with Crippen LogP contribution in [0.25, 0.3) is 0 Å². The number of halogens is 1. The summed E-state index contributed by atoms with van der Waals surface area (Å²) in [6.45, 7) is 0.302. The van der Waals surface area contributed by atoms with Crippen molar-refractivity contribution < 1.29 is 19.0 Å². The zero-order chi connectivity index (χ0) is 18.4. The number of rotatable bonds is 7. The number of hydrogen-bond donors (Lipinski definition) is 2. The van der Waals surface area contributed by atoms with E-state index in [1.165, 1.54) is 18.2 Å². The second kappa shape index (κ2) is 7.81. The number of anilines is 1. The summed E-state index contributed by atoms with van der Waals surface area (Å²) in [6.07, 6.45) is 0. The maximum atomic E-state index is 13.2. The zero-order valence-corrected chi connectivity index (χ0v) is 12.8. The highest BCUT2D eigenvalue weighted by Crippen LogP contribution is 2.22. The maximum Gasteiger partial charge on any atom is 0.305 e. The van der Waals surface area contributed by atoms with Crippen LogP contribution >= 0.6 is 0 Å². The second-order valence-electron chi connectivity index (χ2n) is 4.88. The highest BCUT2D eigenvalue weighted by Gasteiger charge is 2.17. The van der Waals surface area contributed by atoms with Crippen molar-refractivity contribution in [1.29, 1.82) is 0 Å². The number of nitrogens with zero attached hydrogens (tertiary/aromatic N) is 2. The van der Waals surface area contributed by atoms with Crippen LogP contribution in [0.4, 0.5) is 21.5 Å². The zero-order valence-electron chi connectivity index (χ0n) is 12.8. The van der Waals surface area contributed by atoms with Crippen molar-refractivity contribution in [1.82, 2.24) is 5.32 Å². The monoisotopic (exact) mass is 348 g/mol. The molecule has 0 spiro atoms. The normalized spacial score (nSPS) is 10.1. The predicted molar refractivity (Wildman–Crippen MR) is 87.0 cm³/mol. The van der Waals surface area contributed by atoms with Crippen LogP contribution < -0.4 is 10.6 Å². The lowest BCUT2D eigenvalue weighted by molar-refractivity contribution is -0.387. The number of amides is 1. The summed E-state index contributed by atoms with van der Waals surface area (Å²) in [4.78, 5) is 32.0. The van der Waals surface area contributed by atoms with Gasteiger partial charge >= 0.3 is 5.69 Å². The quantitative estimate of drug-likeness (QED) is 0.449. The Balaban J connectivity index is 1.92. The Morgan fingerprint density at radius 2 is 1.68 bits per heavy atom. The molecule has 0 saturated heterocycles. The first-order chi connectivity index (χ1) is 11.9. The molecule has 0 saturated carbocycles. The van der Waals surface area contributed by atoms with E-state index < -0.39 is 27.3 Å². The van der Waals surface area contributed by atoms with E-state index in [1.54, 1.807) is 6.07 Å². The fraction of sp³-hybridized carbons (Fsp3) is 0.133. The van der Waals surface area contributed by atoms with Crippen LogP contribution in [0.15, 0.2) is 42.5 Å². The predicted octanol–water partition coefficient (Wildman–Crippen LogP) is 2.48. The minimum absolute atomic E-state index is 0.0567. The van der Waals surface area contributed by atoms with Crippen molar-refractivity contribution in [3.05, 3.63) is 74.1 Å².